The number of hydrogen-bond acceptors (Lipinski definition) is 4. The van der Waals surface area contributed by atoms with Crippen molar-refractivity contribution in [2.75, 3.05) is 11.9 Å². The lowest BCUT2D eigenvalue weighted by atomic mass is 9.80. The number of anilines is 1. The number of fused-ring (bicyclic) bond motifs is 2. The highest BCUT2D eigenvalue weighted by molar-refractivity contribution is 9.10. The van der Waals surface area contributed by atoms with Gasteiger partial charge in [-0.2, -0.15) is 0 Å². The van der Waals surface area contributed by atoms with Crippen molar-refractivity contribution >= 4 is 50.8 Å². The molecule has 2 aliphatic rings. The predicted molar refractivity (Wildman–Crippen MR) is 102 cm³/mol. The van der Waals surface area contributed by atoms with E-state index < -0.39 is 17.5 Å². The number of amides is 4. The van der Waals surface area contributed by atoms with E-state index in [1.54, 1.807) is 29.5 Å². The summed E-state index contributed by atoms with van der Waals surface area (Å²) in [6.07, 6.45) is 2.31. The van der Waals surface area contributed by atoms with Gasteiger partial charge in [0.15, 0.2) is 0 Å². The summed E-state index contributed by atoms with van der Waals surface area (Å²) in [5.41, 5.74) is 0.455. The third-order valence-electron chi connectivity index (χ3n) is 4.79. The second-order valence-electron chi connectivity index (χ2n) is 6.37. The van der Waals surface area contributed by atoms with Crippen LogP contribution >= 0.6 is 27.3 Å². The van der Waals surface area contributed by atoms with E-state index >= 15 is 0 Å². The molecule has 1 spiro atoms. The Morgan fingerprint density at radius 2 is 2.12 bits per heavy atom. The van der Waals surface area contributed by atoms with Crippen LogP contribution in [0.4, 0.5) is 10.5 Å². The summed E-state index contributed by atoms with van der Waals surface area (Å²) in [4.78, 5) is 40.0. The minimum absolute atomic E-state index is 0.312. The largest absolute Gasteiger partial charge is 0.325 e. The van der Waals surface area contributed by atoms with Crippen molar-refractivity contribution in [1.29, 1.82) is 0 Å². The molecule has 0 radical (unpaired) electrons. The van der Waals surface area contributed by atoms with Crippen molar-refractivity contribution in [3.63, 3.8) is 0 Å². The second kappa shape index (κ2) is 6.51. The molecule has 2 aromatic rings. The quantitative estimate of drug-likeness (QED) is 0.729. The number of rotatable bonds is 3. The van der Waals surface area contributed by atoms with Crippen LogP contribution in [-0.2, 0) is 21.5 Å². The first-order chi connectivity index (χ1) is 12.5. The number of imide groups is 1. The van der Waals surface area contributed by atoms with Crippen molar-refractivity contribution in [2.24, 2.45) is 0 Å². The van der Waals surface area contributed by atoms with Gasteiger partial charge in [0.2, 0.25) is 5.91 Å². The first kappa shape index (κ1) is 17.2. The molecule has 2 N–H and O–H groups in total. The number of thiophene rings is 1. The number of hydrogen-bond donors (Lipinski definition) is 2. The van der Waals surface area contributed by atoms with Gasteiger partial charge in [0, 0.05) is 14.9 Å². The van der Waals surface area contributed by atoms with Crippen LogP contribution in [-0.4, -0.2) is 29.3 Å². The molecule has 26 heavy (non-hydrogen) atoms. The molecule has 1 saturated heterocycles. The fourth-order valence-electron chi connectivity index (χ4n) is 3.58. The van der Waals surface area contributed by atoms with E-state index in [1.807, 2.05) is 17.5 Å². The van der Waals surface area contributed by atoms with Gasteiger partial charge in [-0.3, -0.25) is 14.5 Å². The van der Waals surface area contributed by atoms with Crippen molar-refractivity contribution in [3.05, 3.63) is 50.6 Å². The normalized spacial score (nSPS) is 21.7. The first-order valence-corrected chi connectivity index (χ1v) is 9.94. The summed E-state index contributed by atoms with van der Waals surface area (Å²) >= 11 is 4.96. The van der Waals surface area contributed by atoms with E-state index in [4.69, 9.17) is 0 Å². The van der Waals surface area contributed by atoms with Crippen LogP contribution in [0.2, 0.25) is 0 Å². The molecule has 1 aromatic carbocycles. The molecule has 0 bridgehead atoms. The fourth-order valence-corrected chi connectivity index (χ4v) is 4.96. The molecule has 1 fully saturated rings. The minimum atomic E-state index is -1.02. The molecular formula is C18H16BrN3O3S. The molecule has 1 aliphatic heterocycles. The SMILES string of the molecule is O=C(CN1C(=O)NC2(CCCc3sccc32)C1=O)Nc1ccccc1Br. The summed E-state index contributed by atoms with van der Waals surface area (Å²) in [6.45, 7) is -0.312. The molecule has 2 heterocycles. The van der Waals surface area contributed by atoms with Gasteiger partial charge in [-0.1, -0.05) is 12.1 Å². The van der Waals surface area contributed by atoms with E-state index in [-0.39, 0.29) is 12.5 Å². The Bertz CT molecular complexity index is 913. The number of carbonyl (C=O) groups excluding carboxylic acids is 3. The van der Waals surface area contributed by atoms with Crippen LogP contribution in [0.15, 0.2) is 40.2 Å². The highest BCUT2D eigenvalue weighted by Gasteiger charge is 2.54. The Hall–Kier alpha value is -2.19. The molecule has 8 heteroatoms. The minimum Gasteiger partial charge on any atom is -0.324 e. The average Bonchev–Trinajstić information content (AvgIpc) is 3.18. The van der Waals surface area contributed by atoms with Gasteiger partial charge in [-0.05, 0) is 58.8 Å². The van der Waals surface area contributed by atoms with Gasteiger partial charge in [-0.25, -0.2) is 4.79 Å². The molecule has 4 amide bonds. The molecule has 1 unspecified atom stereocenters. The topological polar surface area (TPSA) is 78.5 Å². The second-order valence-corrected chi connectivity index (χ2v) is 8.22. The van der Waals surface area contributed by atoms with Gasteiger partial charge in [0.05, 0.1) is 5.69 Å². The van der Waals surface area contributed by atoms with Gasteiger partial charge < -0.3 is 10.6 Å². The van der Waals surface area contributed by atoms with E-state index in [9.17, 15) is 14.4 Å². The standard InChI is InChI=1S/C18H16BrN3O3S/c19-12-4-1-2-5-13(12)20-15(23)10-22-16(24)18(21-17(22)25)8-3-6-14-11(18)7-9-26-14/h1-2,4-5,7,9H,3,6,8,10H2,(H,20,23)(H,21,25). The van der Waals surface area contributed by atoms with E-state index in [0.29, 0.717) is 12.1 Å². The fraction of sp³-hybridized carbons (Fsp3) is 0.278. The first-order valence-electron chi connectivity index (χ1n) is 8.26. The third-order valence-corrected chi connectivity index (χ3v) is 6.46. The molecule has 4 rings (SSSR count). The van der Waals surface area contributed by atoms with Crippen LogP contribution < -0.4 is 10.6 Å². The average molecular weight is 434 g/mol. The summed E-state index contributed by atoms with van der Waals surface area (Å²) in [7, 11) is 0. The molecule has 6 nitrogen and oxygen atoms in total. The van der Waals surface area contributed by atoms with Crippen molar-refractivity contribution in [2.45, 2.75) is 24.8 Å². The van der Waals surface area contributed by atoms with Crippen molar-refractivity contribution in [3.8, 4) is 0 Å². The number of benzene rings is 1. The van der Waals surface area contributed by atoms with Gasteiger partial charge in [-0.15, -0.1) is 11.3 Å². The van der Waals surface area contributed by atoms with Gasteiger partial charge >= 0.3 is 6.03 Å². The predicted octanol–water partition coefficient (Wildman–Crippen LogP) is 3.23. The lowest BCUT2D eigenvalue weighted by Crippen LogP contribution is -2.46. The van der Waals surface area contributed by atoms with Crippen LogP contribution in [0.5, 0.6) is 0 Å². The Morgan fingerprint density at radius 1 is 1.31 bits per heavy atom. The maximum Gasteiger partial charge on any atom is 0.325 e. The number of urea groups is 1. The summed E-state index contributed by atoms with van der Waals surface area (Å²) in [5.74, 6) is -0.761. The van der Waals surface area contributed by atoms with E-state index in [2.05, 4.69) is 26.6 Å². The summed E-state index contributed by atoms with van der Waals surface area (Å²) in [5, 5.41) is 7.52. The number of carbonyl (C=O) groups is 3. The molecule has 1 aromatic heterocycles. The van der Waals surface area contributed by atoms with Gasteiger partial charge in [0.1, 0.15) is 12.1 Å². The maximum atomic E-state index is 13.1. The zero-order chi connectivity index (χ0) is 18.3. The Morgan fingerprint density at radius 3 is 2.92 bits per heavy atom. The molecule has 1 atom stereocenters. The lowest BCUT2D eigenvalue weighted by Gasteiger charge is -2.31. The monoisotopic (exact) mass is 433 g/mol. The number of nitrogens with zero attached hydrogens (tertiary/aromatic N) is 1. The van der Waals surface area contributed by atoms with Crippen molar-refractivity contribution in [1.82, 2.24) is 10.2 Å². The van der Waals surface area contributed by atoms with Crippen LogP contribution in [0, 0.1) is 0 Å². The number of nitrogens with one attached hydrogen (secondary N) is 2. The zero-order valence-corrected chi connectivity index (χ0v) is 16.2. The highest BCUT2D eigenvalue weighted by Crippen LogP contribution is 2.42. The van der Waals surface area contributed by atoms with Crippen LogP contribution in [0.25, 0.3) is 0 Å². The molecule has 1 aliphatic carbocycles. The maximum absolute atomic E-state index is 13.1. The Labute approximate surface area is 162 Å². The van der Waals surface area contributed by atoms with E-state index in [1.165, 1.54) is 0 Å². The highest BCUT2D eigenvalue weighted by atomic mass is 79.9. The summed E-state index contributed by atoms with van der Waals surface area (Å²) < 4.78 is 0.734. The number of halogens is 1. The third kappa shape index (κ3) is 2.73. The zero-order valence-electron chi connectivity index (χ0n) is 13.8. The number of para-hydroxylation sites is 1. The molecular weight excluding hydrogens is 418 g/mol. The van der Waals surface area contributed by atoms with E-state index in [0.717, 1.165) is 32.7 Å². The van der Waals surface area contributed by atoms with Crippen LogP contribution in [0.3, 0.4) is 0 Å². The number of aryl methyl sites for hydroxylation is 1. The lowest BCUT2D eigenvalue weighted by molar-refractivity contribution is -0.134. The van der Waals surface area contributed by atoms with Crippen LogP contribution in [0.1, 0.15) is 23.3 Å². The molecule has 134 valence electrons. The molecule has 0 saturated carbocycles. The smallest absolute Gasteiger partial charge is 0.324 e. The Kier molecular flexibility index (Phi) is 4.32. The van der Waals surface area contributed by atoms with Crippen molar-refractivity contribution < 1.29 is 14.4 Å². The Balaban J connectivity index is 1.54. The summed E-state index contributed by atoms with van der Waals surface area (Å²) in [6, 6.07) is 8.57. The van der Waals surface area contributed by atoms with Gasteiger partial charge in [0.25, 0.3) is 5.91 Å².